The molecule has 0 aromatic heterocycles. The SMILES string of the molecule is CCC(Cl)(C(O)c1ccccc1C)S(=O)(=O)CC. The van der Waals surface area contributed by atoms with E-state index in [1.165, 1.54) is 6.92 Å². The van der Waals surface area contributed by atoms with Crippen LogP contribution in [0.15, 0.2) is 24.3 Å². The highest BCUT2D eigenvalue weighted by Gasteiger charge is 2.46. The van der Waals surface area contributed by atoms with Crippen LogP contribution in [0.1, 0.15) is 37.5 Å². The number of sulfone groups is 1. The third kappa shape index (κ3) is 2.56. The molecule has 0 amide bonds. The number of hydrogen-bond donors (Lipinski definition) is 1. The van der Waals surface area contributed by atoms with E-state index in [2.05, 4.69) is 0 Å². The molecule has 3 nitrogen and oxygen atoms in total. The summed E-state index contributed by atoms with van der Waals surface area (Å²) in [5.41, 5.74) is 1.39. The molecular weight excluding hydrogens is 272 g/mol. The maximum Gasteiger partial charge on any atom is 0.175 e. The fourth-order valence-electron chi connectivity index (χ4n) is 1.95. The highest BCUT2D eigenvalue weighted by Crippen LogP contribution is 2.41. The number of rotatable bonds is 5. The Hall–Kier alpha value is -0.580. The van der Waals surface area contributed by atoms with E-state index in [9.17, 15) is 13.5 Å². The first-order valence-electron chi connectivity index (χ1n) is 5.95. The number of alkyl halides is 1. The second-order valence-corrected chi connectivity index (χ2v) is 7.74. The molecule has 5 heteroatoms. The van der Waals surface area contributed by atoms with Gasteiger partial charge in [-0.05, 0) is 24.5 Å². The molecule has 2 unspecified atom stereocenters. The summed E-state index contributed by atoms with van der Waals surface area (Å²) in [4.78, 5) is 0. The van der Waals surface area contributed by atoms with Gasteiger partial charge in [-0.25, -0.2) is 8.42 Å². The van der Waals surface area contributed by atoms with Crippen molar-refractivity contribution in [1.29, 1.82) is 0 Å². The van der Waals surface area contributed by atoms with Crippen LogP contribution in [0, 0.1) is 6.92 Å². The lowest BCUT2D eigenvalue weighted by atomic mass is 9.99. The Balaban J connectivity index is 3.31. The molecule has 0 heterocycles. The number of hydrogen-bond acceptors (Lipinski definition) is 3. The first-order valence-corrected chi connectivity index (χ1v) is 7.98. The predicted molar refractivity (Wildman–Crippen MR) is 74.5 cm³/mol. The van der Waals surface area contributed by atoms with Gasteiger partial charge in [-0.1, -0.05) is 49.7 Å². The lowest BCUT2D eigenvalue weighted by Crippen LogP contribution is -2.40. The molecule has 18 heavy (non-hydrogen) atoms. The zero-order valence-corrected chi connectivity index (χ0v) is 12.4. The molecule has 1 aromatic carbocycles. The molecule has 0 aliphatic heterocycles. The van der Waals surface area contributed by atoms with Crippen molar-refractivity contribution in [1.82, 2.24) is 0 Å². The Morgan fingerprint density at radius 1 is 1.33 bits per heavy atom. The lowest BCUT2D eigenvalue weighted by Gasteiger charge is -2.31. The average Bonchev–Trinajstić information content (AvgIpc) is 2.37. The molecule has 1 rings (SSSR count). The van der Waals surface area contributed by atoms with Crippen LogP contribution in [0.5, 0.6) is 0 Å². The van der Waals surface area contributed by atoms with Gasteiger partial charge in [-0.3, -0.25) is 0 Å². The molecule has 0 saturated carbocycles. The van der Waals surface area contributed by atoms with Crippen LogP contribution in [0.4, 0.5) is 0 Å². The summed E-state index contributed by atoms with van der Waals surface area (Å²) in [6, 6.07) is 7.13. The Morgan fingerprint density at radius 3 is 2.33 bits per heavy atom. The molecular formula is C13H19ClO3S. The fraction of sp³-hybridized carbons (Fsp3) is 0.538. The van der Waals surface area contributed by atoms with Crippen molar-refractivity contribution in [2.75, 3.05) is 5.75 Å². The van der Waals surface area contributed by atoms with E-state index in [-0.39, 0.29) is 12.2 Å². The Labute approximate surface area is 114 Å². The van der Waals surface area contributed by atoms with Crippen LogP contribution >= 0.6 is 11.6 Å². The molecule has 0 bridgehead atoms. The largest absolute Gasteiger partial charge is 0.385 e. The molecule has 0 fully saturated rings. The van der Waals surface area contributed by atoms with E-state index < -0.39 is 20.1 Å². The molecule has 1 aromatic rings. The van der Waals surface area contributed by atoms with Crippen LogP contribution in [0.25, 0.3) is 0 Å². The molecule has 0 aliphatic carbocycles. The molecule has 2 atom stereocenters. The van der Waals surface area contributed by atoms with Crippen molar-refractivity contribution >= 4 is 21.4 Å². The van der Waals surface area contributed by atoms with E-state index in [1.54, 1.807) is 19.1 Å². The van der Waals surface area contributed by atoms with Crippen molar-refractivity contribution in [2.24, 2.45) is 0 Å². The van der Waals surface area contributed by atoms with E-state index in [0.717, 1.165) is 5.56 Å². The van der Waals surface area contributed by atoms with E-state index >= 15 is 0 Å². The Morgan fingerprint density at radius 2 is 1.89 bits per heavy atom. The molecule has 0 aliphatic rings. The average molecular weight is 291 g/mol. The smallest absolute Gasteiger partial charge is 0.175 e. The van der Waals surface area contributed by atoms with Crippen LogP contribution in [-0.2, 0) is 9.84 Å². The predicted octanol–water partition coefficient (Wildman–Crippen LogP) is 2.81. The number of halogens is 1. The minimum atomic E-state index is -3.56. The topological polar surface area (TPSA) is 54.4 Å². The first kappa shape index (κ1) is 15.5. The van der Waals surface area contributed by atoms with Crippen molar-refractivity contribution < 1.29 is 13.5 Å². The van der Waals surface area contributed by atoms with Gasteiger partial charge in [0.25, 0.3) is 0 Å². The summed E-state index contributed by atoms with van der Waals surface area (Å²) in [5, 5.41) is 10.4. The maximum absolute atomic E-state index is 12.1. The normalized spacial score (nSPS) is 17.2. The highest BCUT2D eigenvalue weighted by molar-refractivity contribution is 7.94. The maximum atomic E-state index is 12.1. The minimum absolute atomic E-state index is 0.0900. The van der Waals surface area contributed by atoms with Crippen LogP contribution in [0.3, 0.4) is 0 Å². The van der Waals surface area contributed by atoms with Gasteiger partial charge < -0.3 is 5.11 Å². The fourth-order valence-corrected chi connectivity index (χ4v) is 3.78. The number of aryl methyl sites for hydroxylation is 1. The number of aliphatic hydroxyl groups is 1. The van der Waals surface area contributed by atoms with Crippen molar-refractivity contribution in [3.05, 3.63) is 35.4 Å². The van der Waals surface area contributed by atoms with Crippen molar-refractivity contribution in [3.63, 3.8) is 0 Å². The third-order valence-corrected chi connectivity index (χ3v) is 6.76. The van der Waals surface area contributed by atoms with Crippen molar-refractivity contribution in [2.45, 2.75) is 37.5 Å². The van der Waals surface area contributed by atoms with Crippen molar-refractivity contribution in [3.8, 4) is 0 Å². The molecule has 0 spiro atoms. The van der Waals surface area contributed by atoms with E-state index in [4.69, 9.17) is 11.6 Å². The summed E-state index contributed by atoms with van der Waals surface area (Å²) < 4.78 is 22.5. The highest BCUT2D eigenvalue weighted by atomic mass is 35.5. The van der Waals surface area contributed by atoms with Crippen LogP contribution in [0.2, 0.25) is 0 Å². The zero-order valence-electron chi connectivity index (χ0n) is 10.9. The Kier molecular flexibility index (Phi) is 4.81. The van der Waals surface area contributed by atoms with Gasteiger partial charge in [0.05, 0.1) is 0 Å². The van der Waals surface area contributed by atoms with E-state index in [1.807, 2.05) is 19.1 Å². The summed E-state index contributed by atoms with van der Waals surface area (Å²) in [6.45, 7) is 5.03. The molecule has 1 N–H and O–H groups in total. The van der Waals surface area contributed by atoms with Gasteiger partial charge in [-0.15, -0.1) is 0 Å². The van der Waals surface area contributed by atoms with Gasteiger partial charge in [0.1, 0.15) is 6.10 Å². The first-order chi connectivity index (χ1) is 8.30. The van der Waals surface area contributed by atoms with Gasteiger partial charge in [0.2, 0.25) is 0 Å². The van der Waals surface area contributed by atoms with Gasteiger partial charge in [-0.2, -0.15) is 0 Å². The quantitative estimate of drug-likeness (QED) is 0.849. The van der Waals surface area contributed by atoms with Gasteiger partial charge in [0, 0.05) is 5.75 Å². The van der Waals surface area contributed by atoms with Gasteiger partial charge in [0.15, 0.2) is 14.0 Å². The van der Waals surface area contributed by atoms with Gasteiger partial charge >= 0.3 is 0 Å². The third-order valence-electron chi connectivity index (χ3n) is 3.27. The molecule has 102 valence electrons. The van der Waals surface area contributed by atoms with Crippen LogP contribution < -0.4 is 0 Å². The summed E-state index contributed by atoms with van der Waals surface area (Å²) in [6.07, 6.45) is -1.07. The summed E-state index contributed by atoms with van der Waals surface area (Å²) in [5.74, 6) is -0.0900. The van der Waals surface area contributed by atoms with E-state index in [0.29, 0.717) is 5.56 Å². The number of aliphatic hydroxyl groups excluding tert-OH is 1. The standard InChI is InChI=1S/C13H19ClO3S/c1-4-13(14,18(16,17)5-2)12(15)11-9-7-6-8-10(11)3/h6-9,12,15H,4-5H2,1-3H3. The second kappa shape index (κ2) is 5.59. The minimum Gasteiger partial charge on any atom is -0.385 e. The monoisotopic (exact) mass is 290 g/mol. The summed E-state index contributed by atoms with van der Waals surface area (Å²) in [7, 11) is -3.56. The van der Waals surface area contributed by atoms with Crippen LogP contribution in [-0.4, -0.2) is 23.5 Å². The summed E-state index contributed by atoms with van der Waals surface area (Å²) >= 11 is 6.23. The Bertz CT molecular complexity index is 513. The molecule has 0 radical (unpaired) electrons. The lowest BCUT2D eigenvalue weighted by molar-refractivity contribution is 0.154. The molecule has 0 saturated heterocycles. The number of benzene rings is 1. The zero-order chi connectivity index (χ0) is 14.0. The second-order valence-electron chi connectivity index (χ2n) is 4.30.